The molecule has 2 aromatic carbocycles. The fourth-order valence-corrected chi connectivity index (χ4v) is 5.31. The van der Waals surface area contributed by atoms with Crippen molar-refractivity contribution in [3.8, 4) is 11.1 Å². The monoisotopic (exact) mass is 424 g/mol. The fourth-order valence-electron chi connectivity index (χ4n) is 2.94. The van der Waals surface area contributed by atoms with E-state index in [2.05, 4.69) is 6.08 Å². The average Bonchev–Trinajstić information content (AvgIpc) is 2.57. The van der Waals surface area contributed by atoms with Crippen LogP contribution in [0.4, 0.5) is 0 Å². The van der Waals surface area contributed by atoms with E-state index >= 15 is 0 Å². The summed E-state index contributed by atoms with van der Waals surface area (Å²) in [5.41, 5.74) is 5.40. The Morgan fingerprint density at radius 2 is 1.50 bits per heavy atom. The molecular formula is C20H25O6PS. The summed E-state index contributed by atoms with van der Waals surface area (Å²) in [6.45, 7) is 4.09. The molecular weight excluding hydrogens is 399 g/mol. The van der Waals surface area contributed by atoms with Gasteiger partial charge in [-0.25, -0.2) is 0 Å². The lowest BCUT2D eigenvalue weighted by molar-refractivity contribution is 0.360. The maximum Gasteiger partial charge on any atom is 0.346 e. The Balaban J connectivity index is 2.01. The highest BCUT2D eigenvalue weighted by atomic mass is 32.2. The third kappa shape index (κ3) is 6.69. The van der Waals surface area contributed by atoms with Crippen molar-refractivity contribution in [3.05, 3.63) is 65.2 Å². The van der Waals surface area contributed by atoms with Crippen molar-refractivity contribution in [1.29, 1.82) is 0 Å². The van der Waals surface area contributed by atoms with Crippen LogP contribution in [0.5, 0.6) is 0 Å². The third-order valence-corrected chi connectivity index (χ3v) is 7.84. The molecule has 0 aliphatic rings. The standard InChI is InChI=1S/C20H25O6PS/c1-15(2)14-17-8-12-19(13-9-17)18-10-6-16(7-11-18)4-3-5-20(27(21,22)23)28(24,25)26/h6-14,20H,3-5H2,1-2H3,(H2,21,22,23)(H,24,25,26). The molecule has 0 amide bonds. The lowest BCUT2D eigenvalue weighted by Gasteiger charge is -2.15. The van der Waals surface area contributed by atoms with Crippen LogP contribution in [-0.2, 0) is 21.1 Å². The minimum Gasteiger partial charge on any atom is -0.323 e. The van der Waals surface area contributed by atoms with E-state index < -0.39 is 22.7 Å². The van der Waals surface area contributed by atoms with E-state index in [1.807, 2.05) is 62.4 Å². The summed E-state index contributed by atoms with van der Waals surface area (Å²) in [4.78, 5) is 16.1. The van der Waals surface area contributed by atoms with Gasteiger partial charge >= 0.3 is 7.60 Å². The van der Waals surface area contributed by atoms with Gasteiger partial charge in [0.2, 0.25) is 0 Å². The molecule has 2 aromatic rings. The highest BCUT2D eigenvalue weighted by Crippen LogP contribution is 2.46. The molecule has 1 atom stereocenters. The van der Waals surface area contributed by atoms with Gasteiger partial charge in [0.15, 0.2) is 4.99 Å². The van der Waals surface area contributed by atoms with Gasteiger partial charge < -0.3 is 9.79 Å². The Morgan fingerprint density at radius 3 is 1.93 bits per heavy atom. The van der Waals surface area contributed by atoms with Crippen LogP contribution in [0.1, 0.15) is 37.8 Å². The molecule has 2 rings (SSSR count). The first-order valence-corrected chi connectivity index (χ1v) is 12.0. The molecule has 0 radical (unpaired) electrons. The smallest absolute Gasteiger partial charge is 0.323 e. The van der Waals surface area contributed by atoms with Crippen molar-refractivity contribution < 1.29 is 27.3 Å². The predicted octanol–water partition coefficient (Wildman–Crippen LogP) is 4.49. The van der Waals surface area contributed by atoms with E-state index in [1.165, 1.54) is 5.57 Å². The van der Waals surface area contributed by atoms with Gasteiger partial charge in [-0.05, 0) is 55.4 Å². The molecule has 0 aliphatic heterocycles. The van der Waals surface area contributed by atoms with Gasteiger partial charge in [-0.1, -0.05) is 60.2 Å². The summed E-state index contributed by atoms with van der Waals surface area (Å²) in [7, 11) is -9.72. The lowest BCUT2D eigenvalue weighted by Crippen LogP contribution is -2.20. The fraction of sp³-hybridized carbons (Fsp3) is 0.300. The highest BCUT2D eigenvalue weighted by Gasteiger charge is 2.38. The molecule has 0 aliphatic carbocycles. The van der Waals surface area contributed by atoms with E-state index in [0.717, 1.165) is 22.3 Å². The molecule has 0 fully saturated rings. The second kappa shape index (κ2) is 9.16. The normalized spacial score (nSPS) is 13.2. The Labute approximate surface area is 165 Å². The second-order valence-corrected chi connectivity index (χ2v) is 10.7. The van der Waals surface area contributed by atoms with Crippen LogP contribution in [0.25, 0.3) is 17.2 Å². The number of hydrogen-bond donors (Lipinski definition) is 3. The molecule has 0 bridgehead atoms. The summed E-state index contributed by atoms with van der Waals surface area (Å²) < 4.78 is 42.6. The van der Waals surface area contributed by atoms with E-state index in [1.54, 1.807) is 0 Å². The maximum absolute atomic E-state index is 11.3. The lowest BCUT2D eigenvalue weighted by atomic mass is 10.0. The van der Waals surface area contributed by atoms with Gasteiger partial charge in [0.1, 0.15) is 0 Å². The third-order valence-electron chi connectivity index (χ3n) is 4.29. The zero-order valence-corrected chi connectivity index (χ0v) is 17.5. The van der Waals surface area contributed by atoms with Crippen LogP contribution in [0.15, 0.2) is 54.1 Å². The molecule has 0 heterocycles. The van der Waals surface area contributed by atoms with Gasteiger partial charge in [-0.2, -0.15) is 8.42 Å². The van der Waals surface area contributed by atoms with Gasteiger partial charge in [-0.15, -0.1) is 0 Å². The number of allylic oxidation sites excluding steroid dienone is 1. The molecule has 0 saturated carbocycles. The first kappa shape index (κ1) is 22.5. The van der Waals surface area contributed by atoms with Crippen LogP contribution in [0.2, 0.25) is 0 Å². The number of hydrogen-bond acceptors (Lipinski definition) is 3. The Kier molecular flexibility index (Phi) is 7.37. The summed E-state index contributed by atoms with van der Waals surface area (Å²) in [6, 6.07) is 15.9. The van der Waals surface area contributed by atoms with Gasteiger partial charge in [0.25, 0.3) is 10.1 Å². The first-order chi connectivity index (χ1) is 13.0. The van der Waals surface area contributed by atoms with Crippen molar-refractivity contribution >= 4 is 23.8 Å². The highest BCUT2D eigenvalue weighted by molar-refractivity contribution is 7.93. The predicted molar refractivity (Wildman–Crippen MR) is 112 cm³/mol. The topological polar surface area (TPSA) is 112 Å². The summed E-state index contributed by atoms with van der Waals surface area (Å²) in [5.74, 6) is 0. The number of rotatable bonds is 8. The molecule has 0 spiro atoms. The van der Waals surface area contributed by atoms with E-state index in [9.17, 15) is 13.0 Å². The molecule has 8 heteroatoms. The first-order valence-electron chi connectivity index (χ1n) is 8.82. The van der Waals surface area contributed by atoms with Gasteiger partial charge in [0.05, 0.1) is 0 Å². The summed E-state index contributed by atoms with van der Waals surface area (Å²) in [5, 5.41) is 0. The molecule has 3 N–H and O–H groups in total. The van der Waals surface area contributed by atoms with Crippen molar-refractivity contribution in [2.75, 3.05) is 0 Å². The average molecular weight is 424 g/mol. The Hall–Kier alpha value is -1.76. The van der Waals surface area contributed by atoms with E-state index in [-0.39, 0.29) is 12.8 Å². The van der Waals surface area contributed by atoms with Crippen molar-refractivity contribution in [3.63, 3.8) is 0 Å². The second-order valence-electron chi connectivity index (χ2n) is 6.99. The van der Waals surface area contributed by atoms with Crippen molar-refractivity contribution in [2.45, 2.75) is 38.1 Å². The number of benzene rings is 2. The molecule has 152 valence electrons. The van der Waals surface area contributed by atoms with Crippen LogP contribution in [-0.4, -0.2) is 27.7 Å². The quantitative estimate of drug-likeness (QED) is 0.425. The zero-order valence-electron chi connectivity index (χ0n) is 15.8. The van der Waals surface area contributed by atoms with Crippen LogP contribution < -0.4 is 0 Å². The minimum absolute atomic E-state index is 0.228. The Bertz CT molecular complexity index is 968. The van der Waals surface area contributed by atoms with Crippen molar-refractivity contribution in [2.24, 2.45) is 0 Å². The van der Waals surface area contributed by atoms with Gasteiger partial charge in [0, 0.05) is 0 Å². The molecule has 28 heavy (non-hydrogen) atoms. The van der Waals surface area contributed by atoms with Crippen LogP contribution in [0.3, 0.4) is 0 Å². The summed E-state index contributed by atoms with van der Waals surface area (Å²) >= 11 is 0. The molecule has 1 unspecified atom stereocenters. The SMILES string of the molecule is CC(C)=Cc1ccc(-c2ccc(CCCC(P(=O)(O)O)S(=O)(=O)O)cc2)cc1. The van der Waals surface area contributed by atoms with Crippen molar-refractivity contribution in [1.82, 2.24) is 0 Å². The number of aryl methyl sites for hydroxylation is 1. The maximum atomic E-state index is 11.3. The van der Waals surface area contributed by atoms with Gasteiger partial charge in [-0.3, -0.25) is 9.12 Å². The largest absolute Gasteiger partial charge is 0.346 e. The van der Waals surface area contributed by atoms with Crippen LogP contribution in [0, 0.1) is 0 Å². The minimum atomic E-state index is -4.92. The van der Waals surface area contributed by atoms with E-state index in [0.29, 0.717) is 6.42 Å². The molecule has 0 saturated heterocycles. The zero-order chi connectivity index (χ0) is 20.9. The van der Waals surface area contributed by atoms with Crippen LogP contribution >= 0.6 is 7.60 Å². The Morgan fingerprint density at radius 1 is 1.00 bits per heavy atom. The molecule has 0 aromatic heterocycles. The molecule has 6 nitrogen and oxygen atoms in total. The summed E-state index contributed by atoms with van der Waals surface area (Å²) in [6.07, 6.45) is 2.47. The van der Waals surface area contributed by atoms with E-state index in [4.69, 9.17) is 14.3 Å².